The van der Waals surface area contributed by atoms with Crippen molar-refractivity contribution < 1.29 is 14.2 Å². The lowest BCUT2D eigenvalue weighted by atomic mass is 10.1. The zero-order valence-corrected chi connectivity index (χ0v) is 14.1. The molecule has 0 aliphatic carbocycles. The third-order valence-electron chi connectivity index (χ3n) is 4.89. The van der Waals surface area contributed by atoms with Gasteiger partial charge >= 0.3 is 0 Å². The first-order valence-electron chi connectivity index (χ1n) is 8.78. The largest absolute Gasteiger partial charge is 0.356 e. The lowest BCUT2D eigenvalue weighted by Crippen LogP contribution is -3.13. The highest BCUT2D eigenvalue weighted by molar-refractivity contribution is 5.86. The van der Waals surface area contributed by atoms with E-state index in [0.717, 1.165) is 49.4 Å². The van der Waals surface area contributed by atoms with Crippen molar-refractivity contribution in [3.63, 3.8) is 0 Å². The number of nitrogens with zero attached hydrogens (tertiary/aromatic N) is 2. The van der Waals surface area contributed by atoms with Crippen LogP contribution in [0.3, 0.4) is 0 Å². The number of nitrogens with one attached hydrogen (secondary N) is 1. The fourth-order valence-electron chi connectivity index (χ4n) is 3.45. The van der Waals surface area contributed by atoms with E-state index >= 15 is 0 Å². The van der Waals surface area contributed by atoms with Crippen LogP contribution in [0.25, 0.3) is 11.0 Å². The Hall–Kier alpha value is -2.66. The van der Waals surface area contributed by atoms with Gasteiger partial charge in [0.15, 0.2) is 5.58 Å². The SMILES string of the molecule is O=C(Cc1noc2ccccc12)N1CC[NH+](Cc2ccccc2)CC1. The average molecular weight is 336 g/mol. The number of aromatic nitrogens is 1. The van der Waals surface area contributed by atoms with Crippen molar-refractivity contribution in [2.75, 3.05) is 26.2 Å². The van der Waals surface area contributed by atoms with Gasteiger partial charge in [-0.1, -0.05) is 47.6 Å². The van der Waals surface area contributed by atoms with Crippen LogP contribution in [-0.4, -0.2) is 42.1 Å². The maximum atomic E-state index is 12.6. The highest BCUT2D eigenvalue weighted by Gasteiger charge is 2.25. The van der Waals surface area contributed by atoms with Gasteiger partial charge in [0.25, 0.3) is 0 Å². The smallest absolute Gasteiger partial charge is 0.229 e. The fourth-order valence-corrected chi connectivity index (χ4v) is 3.45. The average Bonchev–Trinajstić information content (AvgIpc) is 3.06. The molecule has 1 saturated heterocycles. The van der Waals surface area contributed by atoms with Gasteiger partial charge < -0.3 is 14.3 Å². The molecule has 4 rings (SSSR count). The van der Waals surface area contributed by atoms with Gasteiger partial charge in [-0.3, -0.25) is 4.79 Å². The topological polar surface area (TPSA) is 50.8 Å². The van der Waals surface area contributed by atoms with E-state index in [1.807, 2.05) is 35.2 Å². The molecule has 0 radical (unpaired) electrons. The Bertz CT molecular complexity index is 852. The second kappa shape index (κ2) is 7.07. The maximum absolute atomic E-state index is 12.6. The van der Waals surface area contributed by atoms with Crippen molar-refractivity contribution in [2.24, 2.45) is 0 Å². The maximum Gasteiger partial charge on any atom is 0.229 e. The van der Waals surface area contributed by atoms with Crippen LogP contribution in [0.1, 0.15) is 11.3 Å². The molecular weight excluding hydrogens is 314 g/mol. The molecule has 1 aromatic heterocycles. The number of piperazine rings is 1. The molecule has 3 aromatic rings. The molecule has 0 unspecified atom stereocenters. The van der Waals surface area contributed by atoms with Crippen molar-refractivity contribution >= 4 is 16.9 Å². The number of fused-ring (bicyclic) bond motifs is 1. The van der Waals surface area contributed by atoms with Crippen LogP contribution in [0.15, 0.2) is 59.1 Å². The summed E-state index contributed by atoms with van der Waals surface area (Å²) in [6, 6.07) is 18.2. The van der Waals surface area contributed by atoms with Crippen molar-refractivity contribution in [2.45, 2.75) is 13.0 Å². The van der Waals surface area contributed by atoms with Crippen LogP contribution in [0.5, 0.6) is 0 Å². The first kappa shape index (κ1) is 15.8. The molecule has 1 fully saturated rings. The second-order valence-corrected chi connectivity index (χ2v) is 6.60. The minimum Gasteiger partial charge on any atom is -0.356 e. The predicted molar refractivity (Wildman–Crippen MR) is 95.1 cm³/mol. The molecule has 0 atom stereocenters. The predicted octanol–water partition coefficient (Wildman–Crippen LogP) is 1.30. The lowest BCUT2D eigenvalue weighted by molar-refractivity contribution is -0.917. The number of carbonyl (C=O) groups is 1. The molecule has 2 heterocycles. The third kappa shape index (κ3) is 3.56. The summed E-state index contributed by atoms with van der Waals surface area (Å²) in [7, 11) is 0. The zero-order valence-electron chi connectivity index (χ0n) is 14.1. The van der Waals surface area contributed by atoms with Crippen LogP contribution in [0.4, 0.5) is 0 Å². The summed E-state index contributed by atoms with van der Waals surface area (Å²) in [5.41, 5.74) is 2.83. The van der Waals surface area contributed by atoms with Crippen LogP contribution in [0, 0.1) is 0 Å². The summed E-state index contributed by atoms with van der Waals surface area (Å²) < 4.78 is 5.30. The van der Waals surface area contributed by atoms with E-state index in [1.54, 1.807) is 0 Å². The Kier molecular flexibility index (Phi) is 4.48. The van der Waals surface area contributed by atoms with E-state index in [9.17, 15) is 4.79 Å². The van der Waals surface area contributed by atoms with E-state index in [0.29, 0.717) is 6.42 Å². The van der Waals surface area contributed by atoms with Gasteiger partial charge in [0.05, 0.1) is 32.6 Å². The normalized spacial score (nSPS) is 15.6. The summed E-state index contributed by atoms with van der Waals surface area (Å²) in [5, 5.41) is 5.01. The number of rotatable bonds is 4. The van der Waals surface area contributed by atoms with Crippen molar-refractivity contribution in [3.05, 3.63) is 65.9 Å². The molecule has 1 N–H and O–H groups in total. The molecule has 5 heteroatoms. The van der Waals surface area contributed by atoms with Gasteiger partial charge in [0, 0.05) is 10.9 Å². The van der Waals surface area contributed by atoms with Gasteiger partial charge in [0.1, 0.15) is 12.2 Å². The number of carbonyl (C=O) groups excluding carboxylic acids is 1. The van der Waals surface area contributed by atoms with Crippen LogP contribution in [0.2, 0.25) is 0 Å². The molecule has 5 nitrogen and oxygen atoms in total. The highest BCUT2D eigenvalue weighted by Crippen LogP contribution is 2.18. The first-order valence-corrected chi connectivity index (χ1v) is 8.78. The molecule has 0 bridgehead atoms. The highest BCUT2D eigenvalue weighted by atomic mass is 16.5. The standard InChI is InChI=1S/C20H21N3O2/c24-20(14-18-17-8-4-5-9-19(17)25-21-18)23-12-10-22(11-13-23)15-16-6-2-1-3-7-16/h1-9H,10-15H2/p+1. The van der Waals surface area contributed by atoms with Gasteiger partial charge in [-0.05, 0) is 12.1 Å². The molecule has 0 saturated carbocycles. The number of quaternary nitrogens is 1. The summed E-state index contributed by atoms with van der Waals surface area (Å²) >= 11 is 0. The number of para-hydroxylation sites is 1. The minimum atomic E-state index is 0.137. The van der Waals surface area contributed by atoms with E-state index in [2.05, 4.69) is 29.4 Å². The van der Waals surface area contributed by atoms with Gasteiger partial charge in [-0.25, -0.2) is 0 Å². The Morgan fingerprint density at radius 2 is 1.76 bits per heavy atom. The van der Waals surface area contributed by atoms with Gasteiger partial charge in [-0.15, -0.1) is 0 Å². The van der Waals surface area contributed by atoms with Crippen LogP contribution < -0.4 is 4.90 Å². The van der Waals surface area contributed by atoms with Gasteiger partial charge in [-0.2, -0.15) is 0 Å². The number of hydrogen-bond acceptors (Lipinski definition) is 3. The molecule has 128 valence electrons. The lowest BCUT2D eigenvalue weighted by Gasteiger charge is -2.32. The molecule has 1 aliphatic heterocycles. The summed E-state index contributed by atoms with van der Waals surface area (Å²) in [4.78, 5) is 16.1. The second-order valence-electron chi connectivity index (χ2n) is 6.60. The Labute approximate surface area is 146 Å². The van der Waals surface area contributed by atoms with Gasteiger partial charge in [0.2, 0.25) is 5.91 Å². The van der Waals surface area contributed by atoms with E-state index in [4.69, 9.17) is 4.52 Å². The van der Waals surface area contributed by atoms with Crippen LogP contribution >= 0.6 is 0 Å². The quantitative estimate of drug-likeness (QED) is 0.781. The summed E-state index contributed by atoms with van der Waals surface area (Å²) in [6.45, 7) is 4.60. The fraction of sp³-hybridized carbons (Fsp3) is 0.300. The van der Waals surface area contributed by atoms with E-state index in [1.165, 1.54) is 10.5 Å². The summed E-state index contributed by atoms with van der Waals surface area (Å²) in [6.07, 6.45) is 0.311. The molecule has 1 aliphatic rings. The number of hydrogen-bond donors (Lipinski definition) is 1. The van der Waals surface area contributed by atoms with Crippen molar-refractivity contribution in [3.8, 4) is 0 Å². The minimum absolute atomic E-state index is 0.137. The first-order chi connectivity index (χ1) is 12.3. The number of amides is 1. The molecule has 1 amide bonds. The molecule has 2 aromatic carbocycles. The Morgan fingerprint density at radius 1 is 1.04 bits per heavy atom. The molecule has 25 heavy (non-hydrogen) atoms. The third-order valence-corrected chi connectivity index (χ3v) is 4.89. The summed E-state index contributed by atoms with van der Waals surface area (Å²) in [5.74, 6) is 0.137. The Morgan fingerprint density at radius 3 is 2.56 bits per heavy atom. The zero-order chi connectivity index (χ0) is 17.1. The monoisotopic (exact) mass is 336 g/mol. The van der Waals surface area contributed by atoms with Crippen LogP contribution in [-0.2, 0) is 17.8 Å². The molecule has 0 spiro atoms. The Balaban J connectivity index is 1.33. The van der Waals surface area contributed by atoms with Crippen molar-refractivity contribution in [1.29, 1.82) is 0 Å². The van der Waals surface area contributed by atoms with Crippen molar-refractivity contribution in [1.82, 2.24) is 10.1 Å². The molecular formula is C20H22N3O2+. The van der Waals surface area contributed by atoms with E-state index < -0.39 is 0 Å². The number of benzene rings is 2. The van der Waals surface area contributed by atoms with E-state index in [-0.39, 0.29) is 5.91 Å².